The van der Waals surface area contributed by atoms with E-state index in [0.29, 0.717) is 50.8 Å². The monoisotopic (exact) mass is 483 g/mol. The first kappa shape index (κ1) is 22.5. The Labute approximate surface area is 202 Å². The molecule has 2 aliphatic heterocycles. The minimum absolute atomic E-state index is 0.0347. The number of nitrogens with one attached hydrogen (secondary N) is 2. The number of benzene rings is 2. The van der Waals surface area contributed by atoms with Crippen LogP contribution in [-0.2, 0) is 17.8 Å². The number of halogens is 2. The molecule has 0 bridgehead atoms. The van der Waals surface area contributed by atoms with Crippen molar-refractivity contribution in [3.63, 3.8) is 0 Å². The molecule has 7 nitrogen and oxygen atoms in total. The van der Waals surface area contributed by atoms with E-state index in [2.05, 4.69) is 15.2 Å². The Hall–Kier alpha value is -3.26. The first-order chi connectivity index (χ1) is 16.5. The van der Waals surface area contributed by atoms with Gasteiger partial charge in [-0.1, -0.05) is 11.6 Å². The summed E-state index contributed by atoms with van der Waals surface area (Å²) in [5.74, 6) is -0.219. The number of carbonyl (C=O) groups is 2. The highest BCUT2D eigenvalue weighted by atomic mass is 35.5. The molecule has 0 saturated carbocycles. The van der Waals surface area contributed by atoms with E-state index in [0.717, 1.165) is 28.7 Å². The van der Waals surface area contributed by atoms with Crippen molar-refractivity contribution in [1.29, 1.82) is 0 Å². The van der Waals surface area contributed by atoms with Crippen LogP contribution in [0.1, 0.15) is 17.7 Å². The molecule has 2 N–H and O–H groups in total. The van der Waals surface area contributed by atoms with Crippen molar-refractivity contribution in [2.75, 3.05) is 44.2 Å². The number of anilines is 1. The lowest BCUT2D eigenvalue weighted by Gasteiger charge is -2.36. The van der Waals surface area contributed by atoms with Gasteiger partial charge in [0.2, 0.25) is 5.91 Å². The quantitative estimate of drug-likeness (QED) is 0.593. The Morgan fingerprint density at radius 3 is 2.53 bits per heavy atom. The smallest absolute Gasteiger partial charge is 0.317 e. The van der Waals surface area contributed by atoms with Gasteiger partial charge in [-0.15, -0.1) is 0 Å². The lowest BCUT2D eigenvalue weighted by Crippen LogP contribution is -2.49. The van der Waals surface area contributed by atoms with Gasteiger partial charge in [0.05, 0.1) is 6.54 Å². The molecule has 2 aliphatic rings. The Morgan fingerprint density at radius 1 is 1.00 bits per heavy atom. The molecule has 0 unspecified atom stereocenters. The number of aromatic nitrogens is 1. The van der Waals surface area contributed by atoms with Gasteiger partial charge < -0.3 is 25.0 Å². The van der Waals surface area contributed by atoms with Crippen molar-refractivity contribution < 1.29 is 14.0 Å². The van der Waals surface area contributed by atoms with Crippen molar-refractivity contribution in [3.8, 4) is 0 Å². The van der Waals surface area contributed by atoms with Crippen molar-refractivity contribution >= 4 is 40.1 Å². The van der Waals surface area contributed by atoms with E-state index in [-0.39, 0.29) is 24.2 Å². The molecule has 3 aromatic rings. The molecule has 0 atom stereocenters. The number of amides is 3. The van der Waals surface area contributed by atoms with Crippen molar-refractivity contribution in [3.05, 3.63) is 64.6 Å². The summed E-state index contributed by atoms with van der Waals surface area (Å²) in [6.45, 7) is 4.07. The van der Waals surface area contributed by atoms with Crippen molar-refractivity contribution in [2.45, 2.75) is 19.4 Å². The van der Waals surface area contributed by atoms with Crippen LogP contribution in [0.15, 0.2) is 42.5 Å². The van der Waals surface area contributed by atoms with E-state index in [1.54, 1.807) is 17.0 Å². The highest BCUT2D eigenvalue weighted by Gasteiger charge is 2.25. The molecule has 0 spiro atoms. The maximum atomic E-state index is 13.1. The number of H-pyrrole nitrogens is 1. The highest BCUT2D eigenvalue weighted by Crippen LogP contribution is 2.29. The average Bonchev–Trinajstić information content (AvgIpc) is 3.21. The van der Waals surface area contributed by atoms with Crippen LogP contribution in [0.2, 0.25) is 5.02 Å². The Morgan fingerprint density at radius 2 is 1.76 bits per heavy atom. The molecular formula is C25H27ClFN5O2. The molecule has 1 aromatic heterocycles. The van der Waals surface area contributed by atoms with Crippen LogP contribution < -0.4 is 10.2 Å². The molecule has 34 heavy (non-hydrogen) atoms. The first-order valence-corrected chi connectivity index (χ1v) is 12.0. The number of urea groups is 1. The number of hydrogen-bond donors (Lipinski definition) is 2. The maximum Gasteiger partial charge on any atom is 0.317 e. The van der Waals surface area contributed by atoms with E-state index in [1.807, 2.05) is 23.1 Å². The number of aromatic amines is 1. The molecule has 5 rings (SSSR count). The summed E-state index contributed by atoms with van der Waals surface area (Å²) in [4.78, 5) is 34.4. The summed E-state index contributed by atoms with van der Waals surface area (Å²) in [6, 6.07) is 12.1. The molecule has 0 radical (unpaired) electrons. The third-order valence-corrected chi connectivity index (χ3v) is 6.90. The highest BCUT2D eigenvalue weighted by molar-refractivity contribution is 6.31. The topological polar surface area (TPSA) is 71.7 Å². The molecule has 1 saturated heterocycles. The summed E-state index contributed by atoms with van der Waals surface area (Å²) in [6.07, 6.45) is 1.03. The minimum atomic E-state index is -0.254. The number of fused-ring (bicyclic) bond motifs is 3. The Kier molecular flexibility index (Phi) is 6.32. The van der Waals surface area contributed by atoms with Gasteiger partial charge in [-0.2, -0.15) is 0 Å². The fraction of sp³-hybridized carbons (Fsp3) is 0.360. The zero-order valence-electron chi connectivity index (χ0n) is 18.8. The van der Waals surface area contributed by atoms with Gasteiger partial charge in [0.25, 0.3) is 0 Å². The third-order valence-electron chi connectivity index (χ3n) is 6.66. The van der Waals surface area contributed by atoms with Crippen LogP contribution >= 0.6 is 11.6 Å². The van der Waals surface area contributed by atoms with Crippen LogP contribution in [0.4, 0.5) is 14.9 Å². The molecule has 3 amide bonds. The van der Waals surface area contributed by atoms with Crippen LogP contribution in [0, 0.1) is 5.82 Å². The average molecular weight is 484 g/mol. The molecule has 3 heterocycles. The number of rotatable bonds is 4. The number of piperazine rings is 1. The number of hydrogen-bond acceptors (Lipinski definition) is 3. The van der Waals surface area contributed by atoms with Crippen LogP contribution in [0.5, 0.6) is 0 Å². The fourth-order valence-corrected chi connectivity index (χ4v) is 4.97. The number of carbonyl (C=O) groups excluding carboxylic acids is 2. The van der Waals surface area contributed by atoms with Gasteiger partial charge >= 0.3 is 6.03 Å². The van der Waals surface area contributed by atoms with Gasteiger partial charge in [0, 0.05) is 73.0 Å². The normalized spacial score (nSPS) is 16.0. The zero-order valence-corrected chi connectivity index (χ0v) is 19.6. The van der Waals surface area contributed by atoms with E-state index < -0.39 is 0 Å². The minimum Gasteiger partial charge on any atom is -0.368 e. The maximum absolute atomic E-state index is 13.1. The van der Waals surface area contributed by atoms with Gasteiger partial charge in [-0.05, 0) is 54.4 Å². The number of nitrogens with zero attached hydrogens (tertiary/aromatic N) is 3. The van der Waals surface area contributed by atoms with Crippen LogP contribution in [0.3, 0.4) is 0 Å². The van der Waals surface area contributed by atoms with E-state index in [4.69, 9.17) is 11.6 Å². The van der Waals surface area contributed by atoms with Gasteiger partial charge in [0.1, 0.15) is 5.82 Å². The first-order valence-electron chi connectivity index (χ1n) is 11.6. The predicted octanol–water partition coefficient (Wildman–Crippen LogP) is 3.77. The van der Waals surface area contributed by atoms with Crippen molar-refractivity contribution in [1.82, 2.24) is 20.1 Å². The second-order valence-corrected chi connectivity index (χ2v) is 9.21. The lowest BCUT2D eigenvalue weighted by atomic mass is 10.0. The zero-order chi connectivity index (χ0) is 23.7. The summed E-state index contributed by atoms with van der Waals surface area (Å²) >= 11 is 6.14. The third kappa shape index (κ3) is 4.68. The summed E-state index contributed by atoms with van der Waals surface area (Å²) in [7, 11) is 0. The molecule has 9 heteroatoms. The van der Waals surface area contributed by atoms with Gasteiger partial charge in [0.15, 0.2) is 0 Å². The van der Waals surface area contributed by atoms with Crippen LogP contribution in [0.25, 0.3) is 10.9 Å². The molecule has 0 aliphatic carbocycles. The summed E-state index contributed by atoms with van der Waals surface area (Å²) < 4.78 is 13.1. The molecule has 1 fully saturated rings. The Balaban J connectivity index is 1.08. The SMILES string of the molecule is O=C(CCNC(=O)N1CCc2c([nH]c3ccc(Cl)cc23)C1)N1CCN(c2ccc(F)cc2)CC1. The fourth-order valence-electron chi connectivity index (χ4n) is 4.80. The summed E-state index contributed by atoms with van der Waals surface area (Å²) in [5, 5.41) is 4.72. The van der Waals surface area contributed by atoms with Crippen LogP contribution in [-0.4, -0.2) is 66.0 Å². The molecule has 178 valence electrons. The standard InChI is InChI=1S/C25H27ClFN5O2/c26-17-1-6-22-21(15-17)20-8-10-32(16-23(20)29-22)25(34)28-9-7-24(33)31-13-11-30(12-14-31)19-4-2-18(27)3-5-19/h1-6,15,29H,7-14,16H2,(H,28,34). The molecule has 2 aromatic carbocycles. The predicted molar refractivity (Wildman–Crippen MR) is 131 cm³/mol. The van der Waals surface area contributed by atoms with E-state index in [1.165, 1.54) is 17.7 Å². The second kappa shape index (κ2) is 9.54. The lowest BCUT2D eigenvalue weighted by molar-refractivity contribution is -0.131. The van der Waals surface area contributed by atoms with Crippen molar-refractivity contribution in [2.24, 2.45) is 0 Å². The molecular weight excluding hydrogens is 457 g/mol. The Bertz CT molecular complexity index is 1200. The van der Waals surface area contributed by atoms with E-state index in [9.17, 15) is 14.0 Å². The van der Waals surface area contributed by atoms with E-state index >= 15 is 0 Å². The largest absolute Gasteiger partial charge is 0.368 e. The second-order valence-electron chi connectivity index (χ2n) is 8.77. The van der Waals surface area contributed by atoms with Gasteiger partial charge in [-0.25, -0.2) is 9.18 Å². The van der Waals surface area contributed by atoms with Gasteiger partial charge in [-0.3, -0.25) is 4.79 Å². The summed E-state index contributed by atoms with van der Waals surface area (Å²) in [5.41, 5.74) is 4.25.